The van der Waals surface area contributed by atoms with Gasteiger partial charge in [-0.2, -0.15) is 13.2 Å². The second-order valence-corrected chi connectivity index (χ2v) is 8.74. The number of rotatable bonds is 7. The summed E-state index contributed by atoms with van der Waals surface area (Å²) < 4.78 is 41.6. The van der Waals surface area contributed by atoms with Crippen molar-refractivity contribution in [1.82, 2.24) is 10.2 Å². The first-order chi connectivity index (χ1) is 15.3. The Labute approximate surface area is 187 Å². The van der Waals surface area contributed by atoms with E-state index in [1.165, 1.54) is 11.6 Å². The van der Waals surface area contributed by atoms with Crippen molar-refractivity contribution in [2.75, 3.05) is 13.6 Å². The third-order valence-electron chi connectivity index (χ3n) is 6.40. The predicted molar refractivity (Wildman–Crippen MR) is 119 cm³/mol. The van der Waals surface area contributed by atoms with Gasteiger partial charge in [-0.3, -0.25) is 4.90 Å². The molecule has 2 aromatic rings. The van der Waals surface area contributed by atoms with Gasteiger partial charge in [0.2, 0.25) is 6.23 Å². The molecule has 0 radical (unpaired) electrons. The Bertz CT molecular complexity index is 956. The van der Waals surface area contributed by atoms with Crippen LogP contribution in [0.1, 0.15) is 54.0 Å². The van der Waals surface area contributed by atoms with Crippen LogP contribution in [0.2, 0.25) is 0 Å². The Morgan fingerprint density at radius 2 is 1.78 bits per heavy atom. The Hall–Kier alpha value is -2.54. The number of alkyl halides is 3. The average Bonchev–Trinajstić information content (AvgIpc) is 3.41. The van der Waals surface area contributed by atoms with E-state index >= 15 is 0 Å². The molecule has 2 aromatic carbocycles. The first-order valence-electron chi connectivity index (χ1n) is 11.3. The summed E-state index contributed by atoms with van der Waals surface area (Å²) in [6.45, 7) is 3.11. The van der Waals surface area contributed by atoms with Gasteiger partial charge in [0.25, 0.3) is 0 Å². The molecule has 172 valence electrons. The van der Waals surface area contributed by atoms with Crippen molar-refractivity contribution in [3.63, 3.8) is 0 Å². The number of halogens is 3. The van der Waals surface area contributed by atoms with Gasteiger partial charge in [-0.05, 0) is 68.5 Å². The normalized spacial score (nSPS) is 21.3. The number of likely N-dealkylation sites (tertiary alicyclic amines) is 1. The number of amidine groups is 1. The van der Waals surface area contributed by atoms with Crippen molar-refractivity contribution in [2.45, 2.75) is 63.9 Å². The highest BCUT2D eigenvalue weighted by atomic mass is 19.4. The zero-order valence-corrected chi connectivity index (χ0v) is 18.6. The lowest BCUT2D eigenvalue weighted by Crippen LogP contribution is -2.45. The lowest BCUT2D eigenvalue weighted by atomic mass is 9.96. The maximum atomic E-state index is 13.9. The molecule has 0 saturated carbocycles. The molecule has 2 aliphatic heterocycles. The molecule has 0 bridgehead atoms. The second kappa shape index (κ2) is 9.53. The molecular formula is C25H30F3N3O. The summed E-state index contributed by atoms with van der Waals surface area (Å²) in [5.74, 6) is 0.360. The van der Waals surface area contributed by atoms with Crippen LogP contribution in [0.5, 0.6) is 0 Å². The van der Waals surface area contributed by atoms with Crippen LogP contribution in [0.3, 0.4) is 0 Å². The maximum absolute atomic E-state index is 13.9. The van der Waals surface area contributed by atoms with E-state index in [0.717, 1.165) is 37.8 Å². The molecule has 2 atom stereocenters. The van der Waals surface area contributed by atoms with E-state index in [4.69, 9.17) is 4.84 Å². The first-order valence-corrected chi connectivity index (χ1v) is 11.3. The van der Waals surface area contributed by atoms with Gasteiger partial charge in [-0.15, -0.1) is 0 Å². The van der Waals surface area contributed by atoms with Crippen molar-refractivity contribution < 1.29 is 18.0 Å². The highest BCUT2D eigenvalue weighted by molar-refractivity contribution is 5.99. The minimum absolute atomic E-state index is 0.168. The molecule has 2 aliphatic rings. The van der Waals surface area contributed by atoms with E-state index in [0.29, 0.717) is 29.8 Å². The number of nitrogens with zero attached hydrogens (tertiary/aromatic N) is 2. The lowest BCUT2D eigenvalue weighted by Gasteiger charge is -2.24. The molecule has 2 heterocycles. The minimum atomic E-state index is -4.43. The highest BCUT2D eigenvalue weighted by Crippen LogP contribution is 2.34. The van der Waals surface area contributed by atoms with Crippen LogP contribution in [0.4, 0.5) is 13.2 Å². The van der Waals surface area contributed by atoms with Crippen molar-refractivity contribution in [3.8, 4) is 0 Å². The summed E-state index contributed by atoms with van der Waals surface area (Å²) in [6, 6.07) is 12.8. The molecule has 4 nitrogen and oxygen atoms in total. The molecule has 4 rings (SSSR count). The molecular weight excluding hydrogens is 415 g/mol. The predicted octanol–water partition coefficient (Wildman–Crippen LogP) is 5.14. The molecule has 1 saturated heterocycles. The maximum Gasteiger partial charge on any atom is 0.416 e. The van der Waals surface area contributed by atoms with Gasteiger partial charge in [-0.1, -0.05) is 54.9 Å². The number of hydrogen-bond donors (Lipinski definition) is 1. The average molecular weight is 446 g/mol. The fourth-order valence-corrected chi connectivity index (χ4v) is 4.56. The Morgan fingerprint density at radius 1 is 1.06 bits per heavy atom. The van der Waals surface area contributed by atoms with Crippen LogP contribution in [-0.4, -0.2) is 36.6 Å². The smallest absolute Gasteiger partial charge is 0.367 e. The highest BCUT2D eigenvalue weighted by Gasteiger charge is 2.37. The van der Waals surface area contributed by atoms with E-state index in [9.17, 15) is 13.2 Å². The van der Waals surface area contributed by atoms with Crippen LogP contribution in [0.15, 0.2) is 47.6 Å². The van der Waals surface area contributed by atoms with Gasteiger partial charge in [-0.25, -0.2) is 0 Å². The SMILES string of the molecule is CCCc1ccc(CCc2ccc(C3=NOC(C4CCCN4C)N3)cc2C(F)(F)F)cc1. The molecule has 7 heteroatoms. The van der Waals surface area contributed by atoms with E-state index < -0.39 is 11.7 Å². The van der Waals surface area contributed by atoms with Crippen molar-refractivity contribution in [1.29, 1.82) is 0 Å². The zero-order valence-electron chi connectivity index (χ0n) is 18.6. The van der Waals surface area contributed by atoms with Crippen LogP contribution >= 0.6 is 0 Å². The molecule has 1 N–H and O–H groups in total. The van der Waals surface area contributed by atoms with Crippen LogP contribution < -0.4 is 5.32 Å². The largest absolute Gasteiger partial charge is 0.416 e. The molecule has 0 aliphatic carbocycles. The fraction of sp³-hybridized carbons (Fsp3) is 0.480. The van der Waals surface area contributed by atoms with Gasteiger partial charge in [0, 0.05) is 5.56 Å². The van der Waals surface area contributed by atoms with E-state index in [2.05, 4.69) is 34.4 Å². The van der Waals surface area contributed by atoms with E-state index in [1.54, 1.807) is 12.1 Å². The van der Waals surface area contributed by atoms with E-state index in [1.807, 2.05) is 19.2 Å². The summed E-state index contributed by atoms with van der Waals surface area (Å²) in [5, 5.41) is 7.22. The van der Waals surface area contributed by atoms with E-state index in [-0.39, 0.29) is 12.3 Å². The van der Waals surface area contributed by atoms with Crippen LogP contribution in [0.25, 0.3) is 0 Å². The number of benzene rings is 2. The summed E-state index contributed by atoms with van der Waals surface area (Å²) in [5.41, 5.74) is 2.38. The quantitative estimate of drug-likeness (QED) is 0.641. The Balaban J connectivity index is 1.47. The van der Waals surface area contributed by atoms with Gasteiger partial charge < -0.3 is 10.2 Å². The minimum Gasteiger partial charge on any atom is -0.367 e. The third kappa shape index (κ3) is 5.09. The van der Waals surface area contributed by atoms with Crippen molar-refractivity contribution >= 4 is 5.84 Å². The Morgan fingerprint density at radius 3 is 2.41 bits per heavy atom. The topological polar surface area (TPSA) is 36.9 Å². The molecule has 0 amide bonds. The summed E-state index contributed by atoms with van der Waals surface area (Å²) >= 11 is 0. The van der Waals surface area contributed by atoms with Crippen LogP contribution in [-0.2, 0) is 30.3 Å². The summed E-state index contributed by atoms with van der Waals surface area (Å²) in [7, 11) is 2.02. The molecule has 0 aromatic heterocycles. The first kappa shape index (κ1) is 22.6. The van der Waals surface area contributed by atoms with Crippen LogP contribution in [0, 0.1) is 0 Å². The number of aryl methyl sites for hydroxylation is 3. The van der Waals surface area contributed by atoms with Gasteiger partial charge >= 0.3 is 6.18 Å². The summed E-state index contributed by atoms with van der Waals surface area (Å²) in [6.07, 6.45) is 0.268. The molecule has 32 heavy (non-hydrogen) atoms. The Kier molecular flexibility index (Phi) is 6.74. The summed E-state index contributed by atoms with van der Waals surface area (Å²) in [4.78, 5) is 7.71. The van der Waals surface area contributed by atoms with Gasteiger partial charge in [0.15, 0.2) is 5.84 Å². The molecule has 0 spiro atoms. The zero-order chi connectivity index (χ0) is 22.7. The standard InChI is InChI=1S/C25H30F3N3O/c1-3-5-17-7-9-18(10-8-17)11-12-19-13-14-20(16-21(19)25(26,27)28)23-29-24(32-30-23)22-6-4-15-31(22)2/h7-10,13-14,16,22,24H,3-6,11-12,15H2,1-2H3,(H,29,30). The van der Waals surface area contributed by atoms with Crippen molar-refractivity contribution in [3.05, 3.63) is 70.3 Å². The van der Waals surface area contributed by atoms with Gasteiger partial charge in [0.1, 0.15) is 0 Å². The lowest BCUT2D eigenvalue weighted by molar-refractivity contribution is -0.138. The number of hydrogen-bond acceptors (Lipinski definition) is 4. The number of likely N-dealkylation sites (N-methyl/N-ethyl adjacent to an activating group) is 1. The number of nitrogens with one attached hydrogen (secondary N) is 1. The second-order valence-electron chi connectivity index (χ2n) is 8.74. The fourth-order valence-electron chi connectivity index (χ4n) is 4.56. The van der Waals surface area contributed by atoms with Gasteiger partial charge in [0.05, 0.1) is 11.6 Å². The third-order valence-corrected chi connectivity index (χ3v) is 6.40. The number of oxime groups is 1. The monoisotopic (exact) mass is 445 g/mol. The van der Waals surface area contributed by atoms with Crippen molar-refractivity contribution in [2.24, 2.45) is 5.16 Å². The molecule has 1 fully saturated rings. The molecule has 2 unspecified atom stereocenters.